The molecule has 0 aliphatic heterocycles. The lowest BCUT2D eigenvalue weighted by molar-refractivity contribution is 0.318. The molecular formula is C24H36O6. The predicted octanol–water partition coefficient (Wildman–Crippen LogP) is 4.26. The number of aromatic hydroxyl groups is 2. The standard InChI is InChI=1S/2C10H12O2.2C2H6O/c2*1-3-4-8-5-6-9(11)10(7-8)12-2;2*1-2-3/h2*3,5-7,11H,1,4H2,2H3;2*3H,2H2,1H3. The van der Waals surface area contributed by atoms with Crippen molar-refractivity contribution in [2.75, 3.05) is 27.4 Å². The number of phenols is 2. The molecule has 0 aliphatic rings. The average molecular weight is 421 g/mol. The molecule has 2 aromatic carbocycles. The first-order chi connectivity index (χ1) is 14.4. The van der Waals surface area contributed by atoms with Gasteiger partial charge in [-0.2, -0.15) is 0 Å². The maximum Gasteiger partial charge on any atom is 0.160 e. The molecule has 2 aromatic rings. The van der Waals surface area contributed by atoms with Gasteiger partial charge in [0.25, 0.3) is 0 Å². The van der Waals surface area contributed by atoms with E-state index < -0.39 is 0 Å². The topological polar surface area (TPSA) is 99.4 Å². The lowest BCUT2D eigenvalue weighted by Gasteiger charge is -2.04. The number of benzene rings is 2. The number of allylic oxidation sites excluding steroid dienone is 2. The van der Waals surface area contributed by atoms with Gasteiger partial charge in [0.05, 0.1) is 14.2 Å². The van der Waals surface area contributed by atoms with Crippen molar-refractivity contribution < 1.29 is 29.9 Å². The van der Waals surface area contributed by atoms with Gasteiger partial charge in [0.2, 0.25) is 0 Å². The summed E-state index contributed by atoms with van der Waals surface area (Å²) in [6.45, 7) is 11.1. The van der Waals surface area contributed by atoms with E-state index in [1.165, 1.54) is 14.2 Å². The highest BCUT2D eigenvalue weighted by Gasteiger charge is 2.01. The van der Waals surface area contributed by atoms with Gasteiger partial charge in [0, 0.05) is 13.2 Å². The molecule has 0 saturated heterocycles. The maximum absolute atomic E-state index is 9.25. The predicted molar refractivity (Wildman–Crippen MR) is 123 cm³/mol. The lowest BCUT2D eigenvalue weighted by Crippen LogP contribution is -1.86. The summed E-state index contributed by atoms with van der Waals surface area (Å²) in [7, 11) is 3.07. The Hall–Kier alpha value is -2.96. The molecule has 0 unspecified atom stereocenters. The first-order valence-corrected chi connectivity index (χ1v) is 9.53. The van der Waals surface area contributed by atoms with Crippen molar-refractivity contribution in [3.05, 3.63) is 72.8 Å². The van der Waals surface area contributed by atoms with E-state index in [9.17, 15) is 10.2 Å². The van der Waals surface area contributed by atoms with E-state index in [0.29, 0.717) is 11.5 Å². The second-order valence-corrected chi connectivity index (χ2v) is 5.63. The van der Waals surface area contributed by atoms with Crippen LogP contribution in [0.25, 0.3) is 0 Å². The highest BCUT2D eigenvalue weighted by molar-refractivity contribution is 5.42. The molecule has 0 fully saturated rings. The van der Waals surface area contributed by atoms with Gasteiger partial charge in [0.1, 0.15) is 0 Å². The summed E-state index contributed by atoms with van der Waals surface area (Å²) in [5.41, 5.74) is 2.17. The second-order valence-electron chi connectivity index (χ2n) is 5.63. The third-order valence-corrected chi connectivity index (χ3v) is 3.25. The Labute approximate surface area is 180 Å². The van der Waals surface area contributed by atoms with Crippen molar-refractivity contribution in [2.45, 2.75) is 26.7 Å². The Morgan fingerprint density at radius 3 is 1.27 bits per heavy atom. The molecule has 0 saturated carbocycles. The minimum atomic E-state index is 0.172. The van der Waals surface area contributed by atoms with Crippen LogP contribution in [-0.2, 0) is 12.8 Å². The molecule has 0 atom stereocenters. The van der Waals surface area contributed by atoms with Crippen molar-refractivity contribution >= 4 is 0 Å². The van der Waals surface area contributed by atoms with Crippen LogP contribution in [-0.4, -0.2) is 47.9 Å². The van der Waals surface area contributed by atoms with Crippen LogP contribution < -0.4 is 9.47 Å². The number of phenolic OH excluding ortho intramolecular Hbond substituents is 2. The van der Waals surface area contributed by atoms with Crippen LogP contribution in [0.5, 0.6) is 23.0 Å². The zero-order valence-corrected chi connectivity index (χ0v) is 18.5. The molecule has 6 nitrogen and oxygen atoms in total. The van der Waals surface area contributed by atoms with E-state index in [4.69, 9.17) is 19.7 Å². The summed E-state index contributed by atoms with van der Waals surface area (Å²) in [5, 5.41) is 33.6. The number of aliphatic hydroxyl groups excluding tert-OH is 2. The normalized spacial score (nSPS) is 8.73. The van der Waals surface area contributed by atoms with Crippen LogP contribution in [0.15, 0.2) is 61.7 Å². The fourth-order valence-corrected chi connectivity index (χ4v) is 2.03. The Morgan fingerprint density at radius 2 is 1.03 bits per heavy atom. The van der Waals surface area contributed by atoms with Gasteiger partial charge in [-0.15, -0.1) is 13.2 Å². The van der Waals surface area contributed by atoms with E-state index in [1.54, 1.807) is 38.1 Å². The molecular weight excluding hydrogens is 384 g/mol. The monoisotopic (exact) mass is 420 g/mol. The minimum Gasteiger partial charge on any atom is -0.504 e. The van der Waals surface area contributed by atoms with Gasteiger partial charge < -0.3 is 29.9 Å². The number of aliphatic hydroxyl groups is 2. The third kappa shape index (κ3) is 13.3. The largest absolute Gasteiger partial charge is 0.504 e. The summed E-state index contributed by atoms with van der Waals surface area (Å²) in [6.07, 6.45) is 5.20. The number of rotatable bonds is 6. The highest BCUT2D eigenvalue weighted by atomic mass is 16.5. The molecule has 30 heavy (non-hydrogen) atoms. The number of hydrogen-bond donors (Lipinski definition) is 4. The van der Waals surface area contributed by atoms with Gasteiger partial charge in [0.15, 0.2) is 23.0 Å². The highest BCUT2D eigenvalue weighted by Crippen LogP contribution is 2.27. The van der Waals surface area contributed by atoms with Gasteiger partial charge in [-0.05, 0) is 62.1 Å². The van der Waals surface area contributed by atoms with Crippen molar-refractivity contribution in [3.8, 4) is 23.0 Å². The fourth-order valence-electron chi connectivity index (χ4n) is 2.03. The number of methoxy groups -OCH3 is 2. The zero-order valence-electron chi connectivity index (χ0n) is 18.5. The lowest BCUT2D eigenvalue weighted by atomic mass is 10.1. The van der Waals surface area contributed by atoms with E-state index in [0.717, 1.165) is 24.0 Å². The van der Waals surface area contributed by atoms with Gasteiger partial charge in [-0.25, -0.2) is 0 Å². The fraction of sp³-hybridized carbons (Fsp3) is 0.333. The van der Waals surface area contributed by atoms with Crippen molar-refractivity contribution in [2.24, 2.45) is 0 Å². The van der Waals surface area contributed by atoms with Crippen LogP contribution in [0, 0.1) is 0 Å². The summed E-state index contributed by atoms with van der Waals surface area (Å²) in [5.74, 6) is 1.36. The molecule has 6 heteroatoms. The number of ether oxygens (including phenoxy) is 2. The summed E-state index contributed by atoms with van der Waals surface area (Å²) >= 11 is 0. The molecule has 0 spiro atoms. The van der Waals surface area contributed by atoms with Gasteiger partial charge >= 0.3 is 0 Å². The molecule has 0 heterocycles. The molecule has 0 aromatic heterocycles. The third-order valence-electron chi connectivity index (χ3n) is 3.25. The molecule has 168 valence electrons. The van der Waals surface area contributed by atoms with Crippen LogP contribution in [0.2, 0.25) is 0 Å². The van der Waals surface area contributed by atoms with E-state index in [1.807, 2.05) is 24.3 Å². The quantitative estimate of drug-likeness (QED) is 0.521. The zero-order chi connectivity index (χ0) is 23.4. The smallest absolute Gasteiger partial charge is 0.160 e. The Bertz CT molecular complexity index is 651. The van der Waals surface area contributed by atoms with Crippen LogP contribution in [0.4, 0.5) is 0 Å². The second kappa shape index (κ2) is 19.4. The van der Waals surface area contributed by atoms with Crippen LogP contribution >= 0.6 is 0 Å². The average Bonchev–Trinajstić information content (AvgIpc) is 2.73. The van der Waals surface area contributed by atoms with Crippen LogP contribution in [0.1, 0.15) is 25.0 Å². The van der Waals surface area contributed by atoms with Gasteiger partial charge in [-0.1, -0.05) is 24.3 Å². The van der Waals surface area contributed by atoms with E-state index >= 15 is 0 Å². The Morgan fingerprint density at radius 1 is 0.733 bits per heavy atom. The molecule has 0 radical (unpaired) electrons. The Kier molecular flexibility index (Phi) is 18.9. The summed E-state index contributed by atoms with van der Waals surface area (Å²) < 4.78 is 9.90. The molecule has 0 amide bonds. The van der Waals surface area contributed by atoms with E-state index in [2.05, 4.69) is 13.2 Å². The SMILES string of the molecule is C=CCc1ccc(O)c(OC)c1.C=CCc1ccc(O)c(OC)c1.CCO.CCO. The maximum atomic E-state index is 9.25. The van der Waals surface area contributed by atoms with E-state index in [-0.39, 0.29) is 24.7 Å². The first-order valence-electron chi connectivity index (χ1n) is 9.53. The Balaban J connectivity index is 0. The molecule has 0 aliphatic carbocycles. The summed E-state index contributed by atoms with van der Waals surface area (Å²) in [6, 6.07) is 10.5. The van der Waals surface area contributed by atoms with Crippen molar-refractivity contribution in [1.82, 2.24) is 0 Å². The molecule has 4 N–H and O–H groups in total. The van der Waals surface area contributed by atoms with Gasteiger partial charge in [-0.3, -0.25) is 0 Å². The van der Waals surface area contributed by atoms with Crippen molar-refractivity contribution in [3.63, 3.8) is 0 Å². The van der Waals surface area contributed by atoms with Crippen LogP contribution in [0.3, 0.4) is 0 Å². The van der Waals surface area contributed by atoms with Crippen molar-refractivity contribution in [1.29, 1.82) is 0 Å². The summed E-state index contributed by atoms with van der Waals surface area (Å²) in [4.78, 5) is 0. The minimum absolute atomic E-state index is 0.172. The molecule has 0 bridgehead atoms. The first kappa shape index (κ1) is 29.2. The molecule has 2 rings (SSSR count). The number of hydrogen-bond acceptors (Lipinski definition) is 6.